The van der Waals surface area contributed by atoms with E-state index in [1.807, 2.05) is 7.05 Å². The highest BCUT2D eigenvalue weighted by molar-refractivity contribution is 6.39. The zero-order chi connectivity index (χ0) is 15.4. The van der Waals surface area contributed by atoms with E-state index < -0.39 is 17.6 Å². The zero-order valence-corrected chi connectivity index (χ0v) is 12.5. The van der Waals surface area contributed by atoms with Crippen molar-refractivity contribution in [1.82, 2.24) is 9.80 Å². The molecule has 1 aromatic carbocycles. The molecule has 21 heavy (non-hydrogen) atoms. The Morgan fingerprint density at radius 3 is 2.67 bits per heavy atom. The third-order valence-corrected chi connectivity index (χ3v) is 3.54. The Kier molecular flexibility index (Phi) is 5.14. The largest absolute Gasteiger partial charge is 0.333 e. The van der Waals surface area contributed by atoms with Crippen LogP contribution in [-0.4, -0.2) is 54.8 Å². The number of nitrogens with zero attached hydrogens (tertiary/aromatic N) is 2. The Balaban J connectivity index is 2.00. The summed E-state index contributed by atoms with van der Waals surface area (Å²) in [6.45, 7) is 2.67. The minimum atomic E-state index is -0.777. The number of hydrogen-bond donors (Lipinski definition) is 1. The summed E-state index contributed by atoms with van der Waals surface area (Å²) in [7, 11) is 1.97. The summed E-state index contributed by atoms with van der Waals surface area (Å²) in [6, 6.07) is 3.64. The molecule has 0 spiro atoms. The van der Waals surface area contributed by atoms with E-state index in [1.165, 1.54) is 11.0 Å². The lowest BCUT2D eigenvalue weighted by Gasteiger charge is -2.19. The molecule has 7 heteroatoms. The maximum absolute atomic E-state index is 13.2. The van der Waals surface area contributed by atoms with Gasteiger partial charge in [-0.25, -0.2) is 4.39 Å². The van der Waals surface area contributed by atoms with Gasteiger partial charge in [-0.1, -0.05) is 11.6 Å². The van der Waals surface area contributed by atoms with E-state index >= 15 is 0 Å². The van der Waals surface area contributed by atoms with Crippen LogP contribution in [0.4, 0.5) is 10.1 Å². The summed E-state index contributed by atoms with van der Waals surface area (Å²) in [5.74, 6) is -1.95. The third-order valence-electron chi connectivity index (χ3n) is 3.32. The van der Waals surface area contributed by atoms with Crippen LogP contribution in [0.2, 0.25) is 5.02 Å². The summed E-state index contributed by atoms with van der Waals surface area (Å²) in [5, 5.41) is 2.55. The molecule has 2 amide bonds. The number of benzene rings is 1. The fraction of sp³-hybridized carbons (Fsp3) is 0.429. The molecule has 0 saturated carbocycles. The van der Waals surface area contributed by atoms with Crippen molar-refractivity contribution in [3.63, 3.8) is 0 Å². The normalized spacial score (nSPS) is 16.4. The number of likely N-dealkylation sites (N-methyl/N-ethyl adjacent to an activating group) is 1. The van der Waals surface area contributed by atoms with Crippen molar-refractivity contribution in [1.29, 1.82) is 0 Å². The number of rotatable bonds is 1. The second kappa shape index (κ2) is 6.87. The highest BCUT2D eigenvalue weighted by Gasteiger charge is 2.23. The van der Waals surface area contributed by atoms with E-state index in [2.05, 4.69) is 10.2 Å². The molecular formula is C14H17ClFN3O2. The molecule has 2 rings (SSSR count). The Morgan fingerprint density at radius 2 is 1.95 bits per heavy atom. The molecule has 1 N–H and O–H groups in total. The second-order valence-corrected chi connectivity index (χ2v) is 5.50. The Labute approximate surface area is 127 Å². The van der Waals surface area contributed by atoms with Gasteiger partial charge >= 0.3 is 11.8 Å². The molecule has 0 unspecified atom stereocenters. The van der Waals surface area contributed by atoms with Crippen LogP contribution in [0.1, 0.15) is 6.42 Å². The predicted molar refractivity (Wildman–Crippen MR) is 78.7 cm³/mol. The van der Waals surface area contributed by atoms with Gasteiger partial charge < -0.3 is 15.1 Å². The first-order chi connectivity index (χ1) is 9.95. The lowest BCUT2D eigenvalue weighted by atomic mass is 10.3. The number of carbonyl (C=O) groups is 2. The first kappa shape index (κ1) is 15.7. The van der Waals surface area contributed by atoms with Crippen molar-refractivity contribution >= 4 is 29.1 Å². The number of carbonyl (C=O) groups excluding carboxylic acids is 2. The van der Waals surface area contributed by atoms with E-state index in [4.69, 9.17) is 11.6 Å². The summed E-state index contributed by atoms with van der Waals surface area (Å²) >= 11 is 5.71. The quantitative estimate of drug-likeness (QED) is 0.801. The van der Waals surface area contributed by atoms with Gasteiger partial charge in [-0.2, -0.15) is 0 Å². The van der Waals surface area contributed by atoms with Gasteiger partial charge in [0.15, 0.2) is 0 Å². The van der Waals surface area contributed by atoms with Gasteiger partial charge in [0.2, 0.25) is 0 Å². The highest BCUT2D eigenvalue weighted by atomic mass is 35.5. The van der Waals surface area contributed by atoms with Crippen molar-refractivity contribution < 1.29 is 14.0 Å². The Morgan fingerprint density at radius 1 is 1.19 bits per heavy atom. The fourth-order valence-electron chi connectivity index (χ4n) is 2.20. The Bertz CT molecular complexity index is 533. The summed E-state index contributed by atoms with van der Waals surface area (Å²) in [4.78, 5) is 27.7. The smallest absolute Gasteiger partial charge is 0.313 e. The minimum absolute atomic E-state index is 0.161. The standard InChI is InChI=1S/C14H17ClFN3O2/c1-18-3-2-4-19(6-5-18)14(21)13(20)17-12-8-10(15)7-11(16)9-12/h7-9H,2-6H2,1H3,(H,17,20). The molecule has 1 aliphatic rings. The number of halogens is 2. The average molecular weight is 314 g/mol. The molecule has 0 radical (unpaired) electrons. The van der Waals surface area contributed by atoms with E-state index in [0.29, 0.717) is 13.1 Å². The molecule has 0 bridgehead atoms. The van der Waals surface area contributed by atoms with Crippen molar-refractivity contribution in [2.24, 2.45) is 0 Å². The van der Waals surface area contributed by atoms with E-state index in [-0.39, 0.29) is 10.7 Å². The fourth-order valence-corrected chi connectivity index (χ4v) is 2.43. The first-order valence-corrected chi connectivity index (χ1v) is 7.08. The van der Waals surface area contributed by atoms with Gasteiger partial charge in [0.25, 0.3) is 0 Å². The van der Waals surface area contributed by atoms with Crippen LogP contribution < -0.4 is 5.32 Å². The highest BCUT2D eigenvalue weighted by Crippen LogP contribution is 2.18. The molecular weight excluding hydrogens is 297 g/mol. The molecule has 1 aliphatic heterocycles. The molecule has 0 aromatic heterocycles. The van der Waals surface area contributed by atoms with Gasteiger partial charge in [-0.3, -0.25) is 9.59 Å². The maximum Gasteiger partial charge on any atom is 0.313 e. The van der Waals surface area contributed by atoms with Gasteiger partial charge in [0.05, 0.1) is 0 Å². The van der Waals surface area contributed by atoms with Crippen LogP contribution in [-0.2, 0) is 9.59 Å². The third kappa shape index (κ3) is 4.41. The van der Waals surface area contributed by atoms with Crippen molar-refractivity contribution in [3.8, 4) is 0 Å². The zero-order valence-electron chi connectivity index (χ0n) is 11.7. The number of anilines is 1. The topological polar surface area (TPSA) is 52.7 Å². The molecule has 5 nitrogen and oxygen atoms in total. The van der Waals surface area contributed by atoms with Crippen LogP contribution in [0.15, 0.2) is 18.2 Å². The average Bonchev–Trinajstić information content (AvgIpc) is 2.61. The molecule has 1 aromatic rings. The second-order valence-electron chi connectivity index (χ2n) is 5.06. The molecule has 1 fully saturated rings. The van der Waals surface area contributed by atoms with E-state index in [9.17, 15) is 14.0 Å². The van der Waals surface area contributed by atoms with Crippen LogP contribution >= 0.6 is 11.6 Å². The summed E-state index contributed by atoms with van der Waals surface area (Å²) in [6.07, 6.45) is 0.821. The number of amides is 2. The monoisotopic (exact) mass is 313 g/mol. The van der Waals surface area contributed by atoms with Gasteiger partial charge in [-0.15, -0.1) is 0 Å². The molecule has 1 heterocycles. The van der Waals surface area contributed by atoms with Gasteiger partial charge in [0, 0.05) is 30.3 Å². The van der Waals surface area contributed by atoms with Crippen LogP contribution in [0.25, 0.3) is 0 Å². The van der Waals surface area contributed by atoms with E-state index in [1.54, 1.807) is 0 Å². The summed E-state index contributed by atoms with van der Waals surface area (Å²) < 4.78 is 13.2. The number of nitrogens with one attached hydrogen (secondary N) is 1. The molecule has 0 aliphatic carbocycles. The van der Waals surface area contributed by atoms with E-state index in [0.717, 1.165) is 31.6 Å². The van der Waals surface area contributed by atoms with Crippen LogP contribution in [0.3, 0.4) is 0 Å². The molecule has 1 saturated heterocycles. The Hall–Kier alpha value is -1.66. The molecule has 0 atom stereocenters. The van der Waals surface area contributed by atoms with Crippen molar-refractivity contribution in [2.45, 2.75) is 6.42 Å². The molecule has 114 valence electrons. The van der Waals surface area contributed by atoms with Crippen molar-refractivity contribution in [3.05, 3.63) is 29.0 Å². The SMILES string of the molecule is CN1CCCN(C(=O)C(=O)Nc2cc(F)cc(Cl)c2)CC1. The first-order valence-electron chi connectivity index (χ1n) is 6.70. The lowest BCUT2D eigenvalue weighted by molar-refractivity contribution is -0.143. The van der Waals surface area contributed by atoms with Crippen molar-refractivity contribution in [2.75, 3.05) is 38.5 Å². The lowest BCUT2D eigenvalue weighted by Crippen LogP contribution is -2.41. The van der Waals surface area contributed by atoms with Gasteiger partial charge in [-0.05, 0) is 38.2 Å². The minimum Gasteiger partial charge on any atom is -0.333 e. The van der Waals surface area contributed by atoms with Gasteiger partial charge in [0.1, 0.15) is 5.82 Å². The summed E-state index contributed by atoms with van der Waals surface area (Å²) in [5.41, 5.74) is 0.172. The maximum atomic E-state index is 13.2. The van der Waals surface area contributed by atoms with Crippen LogP contribution in [0.5, 0.6) is 0 Å². The number of hydrogen-bond acceptors (Lipinski definition) is 3. The van der Waals surface area contributed by atoms with Crippen LogP contribution in [0, 0.1) is 5.82 Å². The predicted octanol–water partition coefficient (Wildman–Crippen LogP) is 1.58.